The zero-order valence-corrected chi connectivity index (χ0v) is 14.6. The zero-order valence-electron chi connectivity index (χ0n) is 14.6. The number of benzene rings is 1. The molecule has 0 aliphatic carbocycles. The van der Waals surface area contributed by atoms with Gasteiger partial charge in [0.15, 0.2) is 5.76 Å². The maximum absolute atomic E-state index is 13.3. The first kappa shape index (κ1) is 15.9. The molecule has 1 aromatic carbocycles. The van der Waals surface area contributed by atoms with Crippen molar-refractivity contribution in [2.75, 3.05) is 13.1 Å². The Morgan fingerprint density at radius 3 is 2.60 bits per heavy atom. The van der Waals surface area contributed by atoms with Crippen molar-refractivity contribution in [1.82, 2.24) is 9.88 Å². The van der Waals surface area contributed by atoms with Gasteiger partial charge in [0.1, 0.15) is 5.69 Å². The lowest BCUT2D eigenvalue weighted by molar-refractivity contribution is 0.0625. The zero-order chi connectivity index (χ0) is 17.4. The summed E-state index contributed by atoms with van der Waals surface area (Å²) in [6.07, 6.45) is 2.81. The Hall–Kier alpha value is -2.62. The fourth-order valence-electron chi connectivity index (χ4n) is 3.90. The maximum Gasteiger partial charge on any atom is 0.254 e. The van der Waals surface area contributed by atoms with E-state index in [4.69, 9.17) is 4.42 Å². The summed E-state index contributed by atoms with van der Waals surface area (Å²) in [5.74, 6) is 1.83. The van der Waals surface area contributed by atoms with E-state index >= 15 is 0 Å². The molecule has 128 valence electrons. The van der Waals surface area contributed by atoms with Crippen molar-refractivity contribution in [3.63, 3.8) is 0 Å². The van der Waals surface area contributed by atoms with E-state index in [9.17, 15) is 4.79 Å². The van der Waals surface area contributed by atoms with Crippen molar-refractivity contribution in [3.05, 3.63) is 54.3 Å². The van der Waals surface area contributed by atoms with Crippen LogP contribution in [0.15, 0.2) is 53.1 Å². The van der Waals surface area contributed by atoms with Crippen LogP contribution in [0.3, 0.4) is 0 Å². The minimum absolute atomic E-state index is 0.0878. The Kier molecular flexibility index (Phi) is 4.04. The van der Waals surface area contributed by atoms with Crippen molar-refractivity contribution in [1.29, 1.82) is 0 Å². The Balaban J connectivity index is 1.81. The molecular weight excluding hydrogens is 312 g/mol. The van der Waals surface area contributed by atoms with Gasteiger partial charge in [-0.1, -0.05) is 32.0 Å². The molecule has 0 N–H and O–H groups in total. The van der Waals surface area contributed by atoms with Gasteiger partial charge in [0.25, 0.3) is 5.91 Å². The smallest absolute Gasteiger partial charge is 0.254 e. The quantitative estimate of drug-likeness (QED) is 0.687. The van der Waals surface area contributed by atoms with Gasteiger partial charge in [0.05, 0.1) is 17.3 Å². The van der Waals surface area contributed by atoms with Crippen LogP contribution in [0.5, 0.6) is 0 Å². The second kappa shape index (κ2) is 6.36. The van der Waals surface area contributed by atoms with Gasteiger partial charge >= 0.3 is 0 Å². The molecule has 1 aliphatic rings. The largest absolute Gasteiger partial charge is 0.463 e. The third-order valence-corrected chi connectivity index (χ3v) is 4.88. The van der Waals surface area contributed by atoms with Crippen molar-refractivity contribution in [2.24, 2.45) is 11.8 Å². The van der Waals surface area contributed by atoms with Crippen molar-refractivity contribution in [3.8, 4) is 11.5 Å². The molecule has 1 amide bonds. The Morgan fingerprint density at radius 1 is 1.12 bits per heavy atom. The topological polar surface area (TPSA) is 46.3 Å². The number of amides is 1. The molecule has 4 nitrogen and oxygen atoms in total. The number of carbonyl (C=O) groups excluding carboxylic acids is 1. The fraction of sp³-hybridized carbons (Fsp3) is 0.333. The molecule has 25 heavy (non-hydrogen) atoms. The number of hydrogen-bond donors (Lipinski definition) is 0. The van der Waals surface area contributed by atoms with Crippen LogP contribution in [-0.4, -0.2) is 28.9 Å². The van der Waals surface area contributed by atoms with Crippen LogP contribution >= 0.6 is 0 Å². The third kappa shape index (κ3) is 3.04. The summed E-state index contributed by atoms with van der Waals surface area (Å²) in [6, 6.07) is 13.4. The molecule has 0 radical (unpaired) electrons. The van der Waals surface area contributed by atoms with Gasteiger partial charge in [-0.15, -0.1) is 0 Å². The number of pyridine rings is 1. The number of furan rings is 1. The van der Waals surface area contributed by atoms with E-state index in [-0.39, 0.29) is 5.91 Å². The van der Waals surface area contributed by atoms with Gasteiger partial charge in [-0.2, -0.15) is 0 Å². The van der Waals surface area contributed by atoms with Crippen LogP contribution in [-0.2, 0) is 0 Å². The number of nitrogens with zero attached hydrogens (tertiary/aromatic N) is 2. The van der Waals surface area contributed by atoms with E-state index in [1.807, 2.05) is 47.4 Å². The number of piperidine rings is 1. The monoisotopic (exact) mass is 334 g/mol. The fourth-order valence-corrected chi connectivity index (χ4v) is 3.90. The number of aromatic nitrogens is 1. The highest BCUT2D eigenvalue weighted by molar-refractivity contribution is 6.07. The van der Waals surface area contributed by atoms with Crippen LogP contribution in [0.25, 0.3) is 22.4 Å². The van der Waals surface area contributed by atoms with Crippen LogP contribution in [0.1, 0.15) is 30.6 Å². The van der Waals surface area contributed by atoms with Crippen LogP contribution < -0.4 is 0 Å². The highest BCUT2D eigenvalue weighted by Gasteiger charge is 2.27. The Bertz CT molecular complexity index is 891. The molecule has 4 heteroatoms. The Labute approximate surface area is 147 Å². The minimum Gasteiger partial charge on any atom is -0.463 e. The summed E-state index contributed by atoms with van der Waals surface area (Å²) in [6.45, 7) is 6.07. The van der Waals surface area contributed by atoms with E-state index in [1.165, 1.54) is 6.42 Å². The van der Waals surface area contributed by atoms with Crippen molar-refractivity contribution >= 4 is 16.8 Å². The second-order valence-corrected chi connectivity index (χ2v) is 7.21. The molecule has 1 aliphatic heterocycles. The predicted molar refractivity (Wildman–Crippen MR) is 98.3 cm³/mol. The summed E-state index contributed by atoms with van der Waals surface area (Å²) in [5.41, 5.74) is 2.22. The second-order valence-electron chi connectivity index (χ2n) is 7.21. The van der Waals surface area contributed by atoms with Crippen molar-refractivity contribution < 1.29 is 9.21 Å². The van der Waals surface area contributed by atoms with E-state index in [1.54, 1.807) is 6.26 Å². The lowest BCUT2D eigenvalue weighted by atomic mass is 9.91. The number of hydrogen-bond acceptors (Lipinski definition) is 3. The van der Waals surface area contributed by atoms with Gasteiger partial charge < -0.3 is 9.32 Å². The minimum atomic E-state index is 0.0878. The number of carbonyl (C=O) groups is 1. The molecule has 3 heterocycles. The number of likely N-dealkylation sites (tertiary alicyclic amines) is 1. The third-order valence-electron chi connectivity index (χ3n) is 4.88. The van der Waals surface area contributed by atoms with E-state index < -0.39 is 0 Å². The number of para-hydroxylation sites is 1. The molecule has 2 aromatic heterocycles. The lowest BCUT2D eigenvalue weighted by Crippen LogP contribution is -2.42. The molecule has 4 rings (SSSR count). The van der Waals surface area contributed by atoms with Gasteiger partial charge in [-0.25, -0.2) is 4.98 Å². The van der Waals surface area contributed by atoms with Crippen LogP contribution in [0.4, 0.5) is 0 Å². The average Bonchev–Trinajstić information content (AvgIpc) is 3.14. The molecule has 0 saturated carbocycles. The Morgan fingerprint density at radius 2 is 1.88 bits per heavy atom. The van der Waals surface area contributed by atoms with Gasteiger partial charge in [-0.05, 0) is 42.5 Å². The molecule has 0 spiro atoms. The summed E-state index contributed by atoms with van der Waals surface area (Å²) in [4.78, 5) is 20.0. The van der Waals surface area contributed by atoms with Gasteiger partial charge in [-0.3, -0.25) is 4.79 Å². The van der Waals surface area contributed by atoms with Crippen molar-refractivity contribution in [2.45, 2.75) is 20.3 Å². The first-order valence-corrected chi connectivity index (χ1v) is 8.84. The molecule has 0 bridgehead atoms. The SMILES string of the molecule is CC1CC(C)CN(C(=O)c2cc(-c3ccco3)nc3ccccc23)C1. The lowest BCUT2D eigenvalue weighted by Gasteiger charge is -2.35. The molecular formula is C21H22N2O2. The summed E-state index contributed by atoms with van der Waals surface area (Å²) in [7, 11) is 0. The molecule has 2 unspecified atom stereocenters. The summed E-state index contributed by atoms with van der Waals surface area (Å²) in [5, 5.41) is 0.897. The molecule has 2 atom stereocenters. The van der Waals surface area contributed by atoms with E-state index in [2.05, 4.69) is 18.8 Å². The van der Waals surface area contributed by atoms with E-state index in [0.29, 0.717) is 28.9 Å². The van der Waals surface area contributed by atoms with Gasteiger partial charge in [0, 0.05) is 18.5 Å². The van der Waals surface area contributed by atoms with Gasteiger partial charge in [0.2, 0.25) is 0 Å². The van der Waals surface area contributed by atoms with E-state index in [0.717, 1.165) is 24.0 Å². The highest BCUT2D eigenvalue weighted by Crippen LogP contribution is 2.28. The van der Waals surface area contributed by atoms with Crippen LogP contribution in [0, 0.1) is 11.8 Å². The van der Waals surface area contributed by atoms with Crippen LogP contribution in [0.2, 0.25) is 0 Å². The maximum atomic E-state index is 13.3. The number of fused-ring (bicyclic) bond motifs is 1. The standard InChI is InChI=1S/C21H22N2O2/c1-14-10-15(2)13-23(12-14)21(24)17-11-19(20-8-5-9-25-20)22-18-7-4-3-6-16(17)18/h3-9,11,14-15H,10,12-13H2,1-2H3. The normalized spacial score (nSPS) is 20.8. The number of rotatable bonds is 2. The molecule has 3 aromatic rings. The first-order valence-electron chi connectivity index (χ1n) is 8.84. The highest BCUT2D eigenvalue weighted by atomic mass is 16.3. The molecule has 1 fully saturated rings. The summed E-state index contributed by atoms with van der Waals surface area (Å²) < 4.78 is 5.50. The average molecular weight is 334 g/mol. The first-order chi connectivity index (χ1) is 12.1. The predicted octanol–water partition coefficient (Wildman–Crippen LogP) is 4.61. The molecule has 1 saturated heterocycles. The summed E-state index contributed by atoms with van der Waals surface area (Å²) >= 11 is 0.